The molecule has 0 bridgehead atoms. The van der Waals surface area contributed by atoms with Crippen LogP contribution in [0.2, 0.25) is 0 Å². The van der Waals surface area contributed by atoms with E-state index in [1.54, 1.807) is 6.92 Å². The molecule has 18 heavy (non-hydrogen) atoms. The number of nitrogens with one attached hydrogen (secondary N) is 1. The van der Waals surface area contributed by atoms with E-state index < -0.39 is 5.97 Å². The fourth-order valence-corrected chi connectivity index (χ4v) is 1.44. The fraction of sp³-hybridized carbons (Fsp3) is 0.583. The summed E-state index contributed by atoms with van der Waals surface area (Å²) in [6.07, 6.45) is 2.51. The lowest BCUT2D eigenvalue weighted by Gasteiger charge is -2.12. The standard InChI is InChI=1S/C12H19N3O3/c1-4-8(2)5-13-11-12(18)15(7-10(16)17)9(3)6-14-11/h6,8H,4-5,7H2,1-3H3,(H,13,14)(H,16,17)/t8-/m0/s1. The summed E-state index contributed by atoms with van der Waals surface area (Å²) >= 11 is 0. The normalized spacial score (nSPS) is 12.2. The third kappa shape index (κ3) is 3.58. The molecule has 0 aliphatic heterocycles. The van der Waals surface area contributed by atoms with Crippen LogP contribution in [0.25, 0.3) is 0 Å². The molecule has 1 aromatic rings. The van der Waals surface area contributed by atoms with Crippen LogP contribution in [0.15, 0.2) is 11.0 Å². The van der Waals surface area contributed by atoms with Gasteiger partial charge >= 0.3 is 5.97 Å². The van der Waals surface area contributed by atoms with E-state index in [9.17, 15) is 9.59 Å². The third-order valence-electron chi connectivity index (χ3n) is 2.86. The monoisotopic (exact) mass is 253 g/mol. The van der Waals surface area contributed by atoms with Gasteiger partial charge in [0.25, 0.3) is 5.56 Å². The Labute approximate surface area is 106 Å². The van der Waals surface area contributed by atoms with Crippen molar-refractivity contribution in [1.29, 1.82) is 0 Å². The fourth-order valence-electron chi connectivity index (χ4n) is 1.44. The molecule has 0 unspecified atom stereocenters. The van der Waals surface area contributed by atoms with E-state index in [1.165, 1.54) is 10.8 Å². The Morgan fingerprint density at radius 3 is 2.83 bits per heavy atom. The average molecular weight is 253 g/mol. The van der Waals surface area contributed by atoms with Crippen LogP contribution in [0.1, 0.15) is 26.0 Å². The van der Waals surface area contributed by atoms with Gasteiger partial charge in [-0.05, 0) is 12.8 Å². The second-order valence-electron chi connectivity index (χ2n) is 4.43. The van der Waals surface area contributed by atoms with Crippen LogP contribution in [-0.4, -0.2) is 27.2 Å². The molecule has 1 atom stereocenters. The Hall–Kier alpha value is -1.85. The molecule has 0 saturated carbocycles. The number of aryl methyl sites for hydroxylation is 1. The van der Waals surface area contributed by atoms with Crippen molar-refractivity contribution in [2.24, 2.45) is 5.92 Å². The Morgan fingerprint density at radius 2 is 2.28 bits per heavy atom. The van der Waals surface area contributed by atoms with Gasteiger partial charge in [0.15, 0.2) is 5.82 Å². The molecule has 0 amide bonds. The molecule has 0 aliphatic rings. The van der Waals surface area contributed by atoms with Crippen molar-refractivity contribution >= 4 is 11.8 Å². The van der Waals surface area contributed by atoms with Crippen LogP contribution in [0.3, 0.4) is 0 Å². The summed E-state index contributed by atoms with van der Waals surface area (Å²) in [4.78, 5) is 26.7. The first kappa shape index (κ1) is 14.2. The maximum absolute atomic E-state index is 12.0. The van der Waals surface area contributed by atoms with Crippen molar-refractivity contribution < 1.29 is 9.90 Å². The summed E-state index contributed by atoms with van der Waals surface area (Å²) < 4.78 is 1.20. The maximum atomic E-state index is 12.0. The number of nitrogens with zero attached hydrogens (tertiary/aromatic N) is 2. The van der Waals surface area contributed by atoms with E-state index in [-0.39, 0.29) is 17.9 Å². The third-order valence-corrected chi connectivity index (χ3v) is 2.86. The number of carboxylic acids is 1. The highest BCUT2D eigenvalue weighted by molar-refractivity contribution is 5.66. The number of aromatic nitrogens is 2. The van der Waals surface area contributed by atoms with Gasteiger partial charge in [-0.3, -0.25) is 14.2 Å². The molecular weight excluding hydrogens is 234 g/mol. The van der Waals surface area contributed by atoms with Gasteiger partial charge in [-0.2, -0.15) is 0 Å². The zero-order valence-corrected chi connectivity index (χ0v) is 10.9. The summed E-state index contributed by atoms with van der Waals surface area (Å²) in [6.45, 7) is 6.10. The van der Waals surface area contributed by atoms with Crippen LogP contribution in [-0.2, 0) is 11.3 Å². The van der Waals surface area contributed by atoms with Crippen LogP contribution in [0.4, 0.5) is 5.82 Å². The van der Waals surface area contributed by atoms with Gasteiger partial charge in [-0.1, -0.05) is 20.3 Å². The van der Waals surface area contributed by atoms with Gasteiger partial charge in [0.1, 0.15) is 6.54 Å². The predicted molar refractivity (Wildman–Crippen MR) is 68.8 cm³/mol. The summed E-state index contributed by atoms with van der Waals surface area (Å²) in [6, 6.07) is 0. The lowest BCUT2D eigenvalue weighted by atomic mass is 10.1. The smallest absolute Gasteiger partial charge is 0.323 e. The van der Waals surface area contributed by atoms with E-state index in [1.807, 2.05) is 0 Å². The molecule has 6 nitrogen and oxygen atoms in total. The highest BCUT2D eigenvalue weighted by Crippen LogP contribution is 2.03. The van der Waals surface area contributed by atoms with Crippen LogP contribution in [0.5, 0.6) is 0 Å². The largest absolute Gasteiger partial charge is 0.480 e. The van der Waals surface area contributed by atoms with Crippen molar-refractivity contribution in [2.45, 2.75) is 33.7 Å². The number of rotatable bonds is 6. The van der Waals surface area contributed by atoms with E-state index in [0.717, 1.165) is 6.42 Å². The van der Waals surface area contributed by atoms with Gasteiger partial charge < -0.3 is 10.4 Å². The zero-order valence-electron chi connectivity index (χ0n) is 10.9. The molecular formula is C12H19N3O3. The summed E-state index contributed by atoms with van der Waals surface area (Å²) in [7, 11) is 0. The minimum atomic E-state index is -1.04. The van der Waals surface area contributed by atoms with E-state index >= 15 is 0 Å². The van der Waals surface area contributed by atoms with E-state index in [0.29, 0.717) is 18.2 Å². The zero-order chi connectivity index (χ0) is 13.7. The molecule has 0 radical (unpaired) electrons. The molecule has 100 valence electrons. The molecule has 0 aromatic carbocycles. The van der Waals surface area contributed by atoms with E-state index in [4.69, 9.17) is 5.11 Å². The van der Waals surface area contributed by atoms with Gasteiger partial charge in [0, 0.05) is 18.4 Å². The second-order valence-corrected chi connectivity index (χ2v) is 4.43. The van der Waals surface area contributed by atoms with Crippen molar-refractivity contribution in [3.05, 3.63) is 22.2 Å². The quantitative estimate of drug-likeness (QED) is 0.793. The summed E-state index contributed by atoms with van der Waals surface area (Å²) in [5.74, 6) is -0.401. The topological polar surface area (TPSA) is 84.2 Å². The average Bonchev–Trinajstić information content (AvgIpc) is 2.32. The number of carbonyl (C=O) groups is 1. The van der Waals surface area contributed by atoms with Crippen LogP contribution >= 0.6 is 0 Å². The van der Waals surface area contributed by atoms with Gasteiger partial charge in [0.05, 0.1) is 0 Å². The Balaban J connectivity index is 2.94. The number of aliphatic carboxylic acids is 1. The predicted octanol–water partition coefficient (Wildman–Crippen LogP) is 1.09. The van der Waals surface area contributed by atoms with Gasteiger partial charge in [-0.15, -0.1) is 0 Å². The highest BCUT2D eigenvalue weighted by atomic mass is 16.4. The Kier molecular flexibility index (Phi) is 4.88. The molecule has 0 fully saturated rings. The first-order valence-electron chi connectivity index (χ1n) is 5.97. The first-order chi connectivity index (χ1) is 8.45. The highest BCUT2D eigenvalue weighted by Gasteiger charge is 2.10. The SMILES string of the molecule is CC[C@H](C)CNc1ncc(C)n(CC(=O)O)c1=O. The maximum Gasteiger partial charge on any atom is 0.323 e. The lowest BCUT2D eigenvalue weighted by Crippen LogP contribution is -2.30. The number of hydrogen-bond acceptors (Lipinski definition) is 4. The molecule has 1 heterocycles. The summed E-state index contributed by atoms with van der Waals surface area (Å²) in [5.41, 5.74) is 0.150. The van der Waals surface area contributed by atoms with Gasteiger partial charge in [-0.25, -0.2) is 4.98 Å². The molecule has 2 N–H and O–H groups in total. The molecule has 1 aromatic heterocycles. The molecule has 0 aliphatic carbocycles. The summed E-state index contributed by atoms with van der Waals surface area (Å²) in [5, 5.41) is 11.7. The lowest BCUT2D eigenvalue weighted by molar-refractivity contribution is -0.137. The molecule has 0 spiro atoms. The second kappa shape index (κ2) is 6.18. The van der Waals surface area contributed by atoms with Crippen molar-refractivity contribution in [1.82, 2.24) is 9.55 Å². The van der Waals surface area contributed by atoms with Gasteiger partial charge in [0.2, 0.25) is 0 Å². The van der Waals surface area contributed by atoms with Crippen molar-refractivity contribution in [2.75, 3.05) is 11.9 Å². The number of anilines is 1. The Bertz CT molecular complexity index is 482. The van der Waals surface area contributed by atoms with Crippen molar-refractivity contribution in [3.8, 4) is 0 Å². The van der Waals surface area contributed by atoms with E-state index in [2.05, 4.69) is 24.1 Å². The molecule has 1 rings (SSSR count). The molecule has 6 heteroatoms. The minimum absolute atomic E-state index is 0.210. The van der Waals surface area contributed by atoms with Crippen LogP contribution < -0.4 is 10.9 Å². The number of hydrogen-bond donors (Lipinski definition) is 2. The first-order valence-corrected chi connectivity index (χ1v) is 5.97. The molecule has 0 saturated heterocycles. The number of carboxylic acid groups (broad SMARTS) is 1. The Morgan fingerprint density at radius 1 is 1.61 bits per heavy atom. The van der Waals surface area contributed by atoms with Crippen LogP contribution in [0, 0.1) is 12.8 Å². The minimum Gasteiger partial charge on any atom is -0.480 e. The van der Waals surface area contributed by atoms with Crippen molar-refractivity contribution in [3.63, 3.8) is 0 Å².